The monoisotopic (exact) mass is 266 g/mol. The van der Waals surface area contributed by atoms with Crippen molar-refractivity contribution in [1.29, 1.82) is 5.26 Å². The SMILES string of the molecule is CCCCCCCCCCC(O)C(BC#N)N(C)C. The predicted molar refractivity (Wildman–Crippen MR) is 83.5 cm³/mol. The molecule has 0 saturated heterocycles. The van der Waals surface area contributed by atoms with E-state index in [2.05, 4.69) is 12.9 Å². The van der Waals surface area contributed by atoms with Gasteiger partial charge in [-0.3, -0.25) is 0 Å². The van der Waals surface area contributed by atoms with Gasteiger partial charge in [-0.25, -0.2) is 5.26 Å². The minimum absolute atomic E-state index is 0.0189. The Kier molecular flexibility index (Phi) is 12.2. The Morgan fingerprint density at radius 1 is 1.05 bits per heavy atom. The molecule has 1 N–H and O–H groups in total. The van der Waals surface area contributed by atoms with Crippen molar-refractivity contribution >= 4 is 7.28 Å². The molecule has 2 unspecified atom stereocenters. The van der Waals surface area contributed by atoms with Gasteiger partial charge in [-0.1, -0.05) is 58.3 Å². The molecule has 0 aliphatic heterocycles. The van der Waals surface area contributed by atoms with Crippen molar-refractivity contribution in [1.82, 2.24) is 4.90 Å². The molecule has 0 aromatic heterocycles. The van der Waals surface area contributed by atoms with Crippen LogP contribution in [0.2, 0.25) is 0 Å². The third-order valence-electron chi connectivity index (χ3n) is 3.76. The summed E-state index contributed by atoms with van der Waals surface area (Å²) in [6, 6.07) is 0. The van der Waals surface area contributed by atoms with Crippen LogP contribution in [0.3, 0.4) is 0 Å². The first-order valence-corrected chi connectivity index (χ1v) is 7.84. The Morgan fingerprint density at radius 2 is 1.58 bits per heavy atom. The summed E-state index contributed by atoms with van der Waals surface area (Å²) < 4.78 is 0. The molecule has 0 heterocycles. The van der Waals surface area contributed by atoms with E-state index in [1.807, 2.05) is 19.0 Å². The first-order chi connectivity index (χ1) is 9.13. The number of nitrogens with zero attached hydrogens (tertiary/aromatic N) is 2. The van der Waals surface area contributed by atoms with E-state index in [0.717, 1.165) is 12.8 Å². The average Bonchev–Trinajstić information content (AvgIpc) is 2.38. The van der Waals surface area contributed by atoms with Crippen LogP contribution >= 0.6 is 0 Å². The van der Waals surface area contributed by atoms with Crippen molar-refractivity contribution in [3.05, 3.63) is 0 Å². The van der Waals surface area contributed by atoms with E-state index < -0.39 is 0 Å². The molecule has 3 nitrogen and oxygen atoms in total. The Morgan fingerprint density at radius 3 is 2.05 bits per heavy atom. The van der Waals surface area contributed by atoms with Crippen molar-refractivity contribution < 1.29 is 5.11 Å². The van der Waals surface area contributed by atoms with Crippen molar-refractivity contribution in [3.8, 4) is 5.97 Å². The smallest absolute Gasteiger partial charge is 0.270 e. The summed E-state index contributed by atoms with van der Waals surface area (Å²) in [7, 11) is 4.27. The second-order valence-electron chi connectivity index (χ2n) is 5.72. The molecule has 19 heavy (non-hydrogen) atoms. The molecule has 0 saturated carbocycles. The van der Waals surface area contributed by atoms with Crippen molar-refractivity contribution in [2.24, 2.45) is 0 Å². The third-order valence-corrected chi connectivity index (χ3v) is 3.76. The van der Waals surface area contributed by atoms with Gasteiger partial charge in [-0.2, -0.15) is 0 Å². The molecule has 0 radical (unpaired) electrons. The van der Waals surface area contributed by atoms with Crippen LogP contribution in [0.15, 0.2) is 0 Å². The second-order valence-corrected chi connectivity index (χ2v) is 5.72. The van der Waals surface area contributed by atoms with Gasteiger partial charge in [0.25, 0.3) is 7.28 Å². The quantitative estimate of drug-likeness (QED) is 0.436. The van der Waals surface area contributed by atoms with Crippen LogP contribution in [0.25, 0.3) is 0 Å². The average molecular weight is 266 g/mol. The highest BCUT2D eigenvalue weighted by atomic mass is 16.3. The standard InChI is InChI=1S/C15H31BN2O/c1-4-5-6-7-8-9-10-11-12-14(19)15(16-13-17)18(2)3/h14-16,19H,4-12H2,1-3H3. The Hall–Kier alpha value is -0.525. The summed E-state index contributed by atoms with van der Waals surface area (Å²) in [5.74, 6) is 2.14. The second kappa shape index (κ2) is 12.5. The Balaban J connectivity index is 3.56. The summed E-state index contributed by atoms with van der Waals surface area (Å²) in [4.78, 5) is 1.96. The molecule has 0 rings (SSSR count). The van der Waals surface area contributed by atoms with Crippen LogP contribution < -0.4 is 0 Å². The van der Waals surface area contributed by atoms with Gasteiger partial charge < -0.3 is 10.0 Å². The normalized spacial score (nSPS) is 14.1. The van der Waals surface area contributed by atoms with Gasteiger partial charge >= 0.3 is 0 Å². The molecule has 2 atom stereocenters. The number of aliphatic hydroxyl groups excluding tert-OH is 1. The number of nitriles is 1. The van der Waals surface area contributed by atoms with E-state index in [0.29, 0.717) is 7.28 Å². The lowest BCUT2D eigenvalue weighted by Gasteiger charge is -2.26. The molecule has 0 aromatic carbocycles. The highest BCUT2D eigenvalue weighted by Gasteiger charge is 2.21. The van der Waals surface area contributed by atoms with Gasteiger partial charge in [0.2, 0.25) is 0 Å². The summed E-state index contributed by atoms with van der Waals surface area (Å²) in [6.07, 6.45) is 10.7. The number of hydrogen-bond donors (Lipinski definition) is 1. The zero-order valence-corrected chi connectivity index (χ0v) is 13.1. The Bertz CT molecular complexity index is 241. The van der Waals surface area contributed by atoms with Crippen molar-refractivity contribution in [3.63, 3.8) is 0 Å². The maximum Gasteiger partial charge on any atom is 0.270 e. The minimum Gasteiger partial charge on any atom is -0.392 e. The van der Waals surface area contributed by atoms with Crippen LogP contribution in [-0.2, 0) is 0 Å². The molecule has 110 valence electrons. The number of hydrogen-bond acceptors (Lipinski definition) is 3. The van der Waals surface area contributed by atoms with Gasteiger partial charge in [-0.05, 0) is 26.5 Å². The zero-order valence-electron chi connectivity index (χ0n) is 13.1. The largest absolute Gasteiger partial charge is 0.392 e. The summed E-state index contributed by atoms with van der Waals surface area (Å²) >= 11 is 0. The summed E-state index contributed by atoms with van der Waals surface area (Å²) in [5.41, 5.74) is 0. The van der Waals surface area contributed by atoms with E-state index in [-0.39, 0.29) is 12.0 Å². The molecule has 4 heteroatoms. The van der Waals surface area contributed by atoms with Gasteiger partial charge in [0.1, 0.15) is 0 Å². The maximum atomic E-state index is 10.1. The summed E-state index contributed by atoms with van der Waals surface area (Å²) in [6.45, 7) is 2.24. The van der Waals surface area contributed by atoms with Gasteiger partial charge in [0.05, 0.1) is 6.10 Å². The highest BCUT2D eigenvalue weighted by molar-refractivity contribution is 6.47. The van der Waals surface area contributed by atoms with E-state index in [1.165, 1.54) is 44.9 Å². The minimum atomic E-state index is -0.366. The fourth-order valence-electron chi connectivity index (χ4n) is 2.44. The van der Waals surface area contributed by atoms with Crippen LogP contribution in [-0.4, -0.2) is 43.4 Å². The lowest BCUT2D eigenvalue weighted by atomic mass is 9.67. The Labute approximate surface area is 120 Å². The highest BCUT2D eigenvalue weighted by Crippen LogP contribution is 2.12. The molecule has 0 aromatic rings. The van der Waals surface area contributed by atoms with Crippen LogP contribution in [0.5, 0.6) is 0 Å². The third kappa shape index (κ3) is 9.98. The van der Waals surface area contributed by atoms with Gasteiger partial charge in [0.15, 0.2) is 0 Å². The first-order valence-electron chi connectivity index (χ1n) is 7.84. The number of aliphatic hydroxyl groups is 1. The summed E-state index contributed by atoms with van der Waals surface area (Å²) in [5, 5.41) is 18.8. The fraction of sp³-hybridized carbons (Fsp3) is 0.933. The molecule has 0 aliphatic carbocycles. The number of rotatable bonds is 12. The van der Waals surface area contributed by atoms with Gasteiger partial charge in [0, 0.05) is 5.94 Å². The van der Waals surface area contributed by atoms with Crippen LogP contribution in [0, 0.1) is 11.2 Å². The van der Waals surface area contributed by atoms with E-state index in [4.69, 9.17) is 5.26 Å². The number of likely N-dealkylation sites (N-methyl/N-ethyl adjacent to an activating group) is 1. The molecular weight excluding hydrogens is 235 g/mol. The fourth-order valence-corrected chi connectivity index (χ4v) is 2.44. The topological polar surface area (TPSA) is 47.3 Å². The molecular formula is C15H31BN2O. The molecule has 0 spiro atoms. The zero-order chi connectivity index (χ0) is 14.5. The predicted octanol–water partition coefficient (Wildman–Crippen LogP) is 2.68. The molecule has 0 amide bonds. The van der Waals surface area contributed by atoms with E-state index in [9.17, 15) is 5.11 Å². The van der Waals surface area contributed by atoms with Crippen molar-refractivity contribution in [2.45, 2.75) is 76.8 Å². The first kappa shape index (κ1) is 18.5. The van der Waals surface area contributed by atoms with Crippen molar-refractivity contribution in [2.75, 3.05) is 14.1 Å². The lowest BCUT2D eigenvalue weighted by Crippen LogP contribution is -2.43. The molecule has 0 bridgehead atoms. The number of unbranched alkanes of at least 4 members (excludes halogenated alkanes) is 7. The maximum absolute atomic E-state index is 10.1. The van der Waals surface area contributed by atoms with Gasteiger partial charge in [-0.15, -0.1) is 0 Å². The molecule has 0 fully saturated rings. The van der Waals surface area contributed by atoms with Crippen LogP contribution in [0.1, 0.15) is 64.7 Å². The molecule has 0 aliphatic rings. The van der Waals surface area contributed by atoms with E-state index >= 15 is 0 Å². The van der Waals surface area contributed by atoms with Crippen LogP contribution in [0.4, 0.5) is 0 Å². The van der Waals surface area contributed by atoms with E-state index in [1.54, 1.807) is 0 Å². The lowest BCUT2D eigenvalue weighted by molar-refractivity contribution is 0.104.